The SMILES string of the molecule is CC(C)Nc1cccc(CNC(=O)N(C)CC(O)C2CC2)c1. The molecular formula is C17H27N3O2. The van der Waals surface area contributed by atoms with Crippen molar-refractivity contribution < 1.29 is 9.90 Å². The summed E-state index contributed by atoms with van der Waals surface area (Å²) in [5, 5.41) is 16.1. The van der Waals surface area contributed by atoms with E-state index in [1.165, 1.54) is 0 Å². The average molecular weight is 305 g/mol. The van der Waals surface area contributed by atoms with Crippen molar-refractivity contribution >= 4 is 11.7 Å². The number of aliphatic hydroxyl groups excluding tert-OH is 1. The Kier molecular flexibility index (Phi) is 5.66. The second-order valence-corrected chi connectivity index (χ2v) is 6.44. The molecule has 1 aromatic carbocycles. The summed E-state index contributed by atoms with van der Waals surface area (Å²) in [5.74, 6) is 0.383. The lowest BCUT2D eigenvalue weighted by Gasteiger charge is -2.21. The number of rotatable bonds is 7. The Morgan fingerprint density at radius 3 is 2.77 bits per heavy atom. The van der Waals surface area contributed by atoms with Gasteiger partial charge in [-0.15, -0.1) is 0 Å². The summed E-state index contributed by atoms with van der Waals surface area (Å²) in [4.78, 5) is 13.6. The molecule has 1 fully saturated rings. The molecule has 2 amide bonds. The number of hydrogen-bond donors (Lipinski definition) is 3. The Morgan fingerprint density at radius 2 is 2.14 bits per heavy atom. The largest absolute Gasteiger partial charge is 0.391 e. The average Bonchev–Trinajstić information content (AvgIpc) is 3.29. The van der Waals surface area contributed by atoms with Gasteiger partial charge >= 0.3 is 6.03 Å². The van der Waals surface area contributed by atoms with E-state index in [-0.39, 0.29) is 6.03 Å². The molecule has 1 atom stereocenters. The van der Waals surface area contributed by atoms with Crippen LogP contribution in [0, 0.1) is 5.92 Å². The van der Waals surface area contributed by atoms with Gasteiger partial charge in [-0.2, -0.15) is 0 Å². The van der Waals surface area contributed by atoms with Crippen LogP contribution < -0.4 is 10.6 Å². The molecule has 0 aromatic heterocycles. The Balaban J connectivity index is 1.79. The van der Waals surface area contributed by atoms with Crippen molar-refractivity contribution in [2.75, 3.05) is 18.9 Å². The second kappa shape index (κ2) is 7.49. The highest BCUT2D eigenvalue weighted by Gasteiger charge is 2.31. The Labute approximate surface area is 132 Å². The van der Waals surface area contributed by atoms with E-state index in [0.717, 1.165) is 24.1 Å². The van der Waals surface area contributed by atoms with Crippen molar-refractivity contribution in [3.63, 3.8) is 0 Å². The number of amides is 2. The summed E-state index contributed by atoms with van der Waals surface area (Å²) in [6.07, 6.45) is 1.76. The van der Waals surface area contributed by atoms with Gasteiger partial charge in [0.2, 0.25) is 0 Å². The van der Waals surface area contributed by atoms with Gasteiger partial charge in [-0.25, -0.2) is 4.79 Å². The monoisotopic (exact) mass is 305 g/mol. The van der Waals surface area contributed by atoms with Crippen molar-refractivity contribution in [3.8, 4) is 0 Å². The van der Waals surface area contributed by atoms with Gasteiger partial charge in [0, 0.05) is 31.9 Å². The summed E-state index contributed by atoms with van der Waals surface area (Å²) < 4.78 is 0. The zero-order valence-corrected chi connectivity index (χ0v) is 13.7. The number of urea groups is 1. The second-order valence-electron chi connectivity index (χ2n) is 6.44. The molecule has 5 nitrogen and oxygen atoms in total. The van der Waals surface area contributed by atoms with Gasteiger partial charge in [-0.05, 0) is 50.3 Å². The van der Waals surface area contributed by atoms with E-state index < -0.39 is 6.10 Å². The maximum absolute atomic E-state index is 12.0. The van der Waals surface area contributed by atoms with Crippen LogP contribution >= 0.6 is 0 Å². The first kappa shape index (κ1) is 16.6. The fourth-order valence-corrected chi connectivity index (χ4v) is 2.41. The van der Waals surface area contributed by atoms with E-state index in [2.05, 4.69) is 24.5 Å². The number of likely N-dealkylation sites (N-methyl/N-ethyl adjacent to an activating group) is 1. The number of anilines is 1. The first-order chi connectivity index (χ1) is 10.5. The van der Waals surface area contributed by atoms with E-state index >= 15 is 0 Å². The summed E-state index contributed by atoms with van der Waals surface area (Å²) in [5.41, 5.74) is 2.11. The predicted molar refractivity (Wildman–Crippen MR) is 88.8 cm³/mol. The summed E-state index contributed by atoms with van der Waals surface area (Å²) in [7, 11) is 1.72. The number of hydrogen-bond acceptors (Lipinski definition) is 3. The van der Waals surface area contributed by atoms with Crippen molar-refractivity contribution in [2.45, 2.75) is 45.4 Å². The molecule has 0 saturated heterocycles. The zero-order chi connectivity index (χ0) is 16.1. The van der Waals surface area contributed by atoms with Gasteiger partial charge in [0.1, 0.15) is 0 Å². The number of benzene rings is 1. The van der Waals surface area contributed by atoms with Crippen LogP contribution in [-0.4, -0.2) is 41.8 Å². The van der Waals surface area contributed by atoms with Crippen LogP contribution in [0.4, 0.5) is 10.5 Å². The standard InChI is InChI=1S/C17H27N3O2/c1-12(2)19-15-6-4-5-13(9-15)10-18-17(22)20(3)11-16(21)14-7-8-14/h4-6,9,12,14,16,19,21H,7-8,10-11H2,1-3H3,(H,18,22). The van der Waals surface area contributed by atoms with Gasteiger partial charge < -0.3 is 20.6 Å². The van der Waals surface area contributed by atoms with Crippen molar-refractivity contribution in [2.24, 2.45) is 5.92 Å². The molecule has 2 rings (SSSR count). The highest BCUT2D eigenvalue weighted by molar-refractivity contribution is 5.73. The molecule has 0 spiro atoms. The summed E-state index contributed by atoms with van der Waals surface area (Å²) >= 11 is 0. The first-order valence-electron chi connectivity index (χ1n) is 7.98. The van der Waals surface area contributed by atoms with E-state index in [0.29, 0.717) is 25.0 Å². The molecule has 122 valence electrons. The lowest BCUT2D eigenvalue weighted by atomic mass is 10.2. The maximum Gasteiger partial charge on any atom is 0.317 e. The van der Waals surface area contributed by atoms with E-state index in [1.807, 2.05) is 24.3 Å². The van der Waals surface area contributed by atoms with Crippen molar-refractivity contribution in [1.29, 1.82) is 0 Å². The minimum Gasteiger partial charge on any atom is -0.391 e. The smallest absolute Gasteiger partial charge is 0.317 e. The molecule has 0 heterocycles. The highest BCUT2D eigenvalue weighted by Crippen LogP contribution is 2.32. The van der Waals surface area contributed by atoms with Gasteiger partial charge in [0.05, 0.1) is 6.10 Å². The quantitative estimate of drug-likeness (QED) is 0.725. The van der Waals surface area contributed by atoms with Crippen LogP contribution in [0.2, 0.25) is 0 Å². The van der Waals surface area contributed by atoms with Crippen LogP contribution in [0.15, 0.2) is 24.3 Å². The topological polar surface area (TPSA) is 64.6 Å². The van der Waals surface area contributed by atoms with Gasteiger partial charge in [-0.3, -0.25) is 0 Å². The van der Waals surface area contributed by atoms with Crippen LogP contribution in [0.1, 0.15) is 32.3 Å². The lowest BCUT2D eigenvalue weighted by Crippen LogP contribution is -2.41. The zero-order valence-electron chi connectivity index (χ0n) is 13.7. The molecular weight excluding hydrogens is 278 g/mol. The van der Waals surface area contributed by atoms with Gasteiger partial charge in [0.25, 0.3) is 0 Å². The van der Waals surface area contributed by atoms with Crippen molar-refractivity contribution in [1.82, 2.24) is 10.2 Å². The van der Waals surface area contributed by atoms with Crippen molar-refractivity contribution in [3.05, 3.63) is 29.8 Å². The van der Waals surface area contributed by atoms with Crippen LogP contribution in [0.5, 0.6) is 0 Å². The molecule has 22 heavy (non-hydrogen) atoms. The third-order valence-electron chi connectivity index (χ3n) is 3.80. The minimum atomic E-state index is -0.394. The molecule has 1 aliphatic rings. The number of aliphatic hydroxyl groups is 1. The Bertz CT molecular complexity index is 500. The lowest BCUT2D eigenvalue weighted by molar-refractivity contribution is 0.113. The van der Waals surface area contributed by atoms with E-state index in [4.69, 9.17) is 0 Å². The predicted octanol–water partition coefficient (Wildman–Crippen LogP) is 2.42. The summed E-state index contributed by atoms with van der Waals surface area (Å²) in [6.45, 7) is 5.06. The molecule has 1 unspecified atom stereocenters. The summed E-state index contributed by atoms with van der Waals surface area (Å²) in [6, 6.07) is 8.25. The molecule has 1 aliphatic carbocycles. The molecule has 1 saturated carbocycles. The fraction of sp³-hybridized carbons (Fsp3) is 0.588. The molecule has 1 aromatic rings. The van der Waals surface area contributed by atoms with E-state index in [9.17, 15) is 9.90 Å². The third kappa shape index (κ3) is 5.22. The molecule has 3 N–H and O–H groups in total. The van der Waals surface area contributed by atoms with E-state index in [1.54, 1.807) is 11.9 Å². The molecule has 0 radical (unpaired) electrons. The number of nitrogens with zero attached hydrogens (tertiary/aromatic N) is 1. The van der Waals surface area contributed by atoms with Gasteiger partial charge in [-0.1, -0.05) is 12.1 Å². The first-order valence-corrected chi connectivity index (χ1v) is 7.98. The van der Waals surface area contributed by atoms with Crippen LogP contribution in [0.3, 0.4) is 0 Å². The third-order valence-corrected chi connectivity index (χ3v) is 3.80. The van der Waals surface area contributed by atoms with Gasteiger partial charge in [0.15, 0.2) is 0 Å². The fourth-order valence-electron chi connectivity index (χ4n) is 2.41. The molecule has 0 bridgehead atoms. The maximum atomic E-state index is 12.0. The minimum absolute atomic E-state index is 0.151. The number of carbonyl (C=O) groups excluding carboxylic acids is 1. The normalized spacial score (nSPS) is 15.5. The highest BCUT2D eigenvalue weighted by atomic mass is 16.3. The molecule has 5 heteroatoms. The number of nitrogens with one attached hydrogen (secondary N) is 2. The van der Waals surface area contributed by atoms with Crippen LogP contribution in [0.25, 0.3) is 0 Å². The molecule has 0 aliphatic heterocycles. The van der Waals surface area contributed by atoms with Crippen LogP contribution in [-0.2, 0) is 6.54 Å². The Morgan fingerprint density at radius 1 is 1.41 bits per heavy atom. The number of carbonyl (C=O) groups is 1. The Hall–Kier alpha value is -1.75.